The standard InChI is InChI=1S/C18H23N3O4/c1-24-18(23)14-3-2-8-21(14)17(22)13-9-19-15(12-6-7-12)16(20-13)25-10-11-4-5-11/h9,11-12,14H,2-8,10H2,1H3/t14-/m0/s1. The summed E-state index contributed by atoms with van der Waals surface area (Å²) in [6, 6.07) is -0.529. The summed E-state index contributed by atoms with van der Waals surface area (Å²) in [5.41, 5.74) is 1.11. The molecule has 1 aliphatic heterocycles. The monoisotopic (exact) mass is 345 g/mol. The average Bonchev–Trinajstić information content (AvgIpc) is 3.56. The zero-order valence-corrected chi connectivity index (χ0v) is 14.4. The van der Waals surface area contributed by atoms with Crippen molar-refractivity contribution >= 4 is 11.9 Å². The van der Waals surface area contributed by atoms with Crippen molar-refractivity contribution in [1.29, 1.82) is 0 Å². The van der Waals surface area contributed by atoms with Gasteiger partial charge in [0, 0.05) is 12.5 Å². The fourth-order valence-corrected chi connectivity index (χ4v) is 3.25. The molecule has 3 fully saturated rings. The number of hydrogen-bond donors (Lipinski definition) is 0. The van der Waals surface area contributed by atoms with Crippen molar-refractivity contribution in [3.8, 4) is 5.88 Å². The molecule has 7 heteroatoms. The Hall–Kier alpha value is -2.18. The van der Waals surface area contributed by atoms with Gasteiger partial charge in [-0.1, -0.05) is 0 Å². The van der Waals surface area contributed by atoms with Crippen LogP contribution in [0.2, 0.25) is 0 Å². The van der Waals surface area contributed by atoms with Gasteiger partial charge in [-0.05, 0) is 44.4 Å². The van der Waals surface area contributed by atoms with Crippen LogP contribution in [0.3, 0.4) is 0 Å². The van der Waals surface area contributed by atoms with Crippen LogP contribution in [0.1, 0.15) is 60.6 Å². The number of rotatable bonds is 6. The highest BCUT2D eigenvalue weighted by atomic mass is 16.5. The Labute approximate surface area is 146 Å². The topological polar surface area (TPSA) is 81.6 Å². The Morgan fingerprint density at radius 2 is 2.04 bits per heavy atom. The maximum Gasteiger partial charge on any atom is 0.328 e. The summed E-state index contributed by atoms with van der Waals surface area (Å²) in [4.78, 5) is 35.2. The quantitative estimate of drug-likeness (QED) is 0.733. The predicted molar refractivity (Wildman–Crippen MR) is 88.3 cm³/mol. The van der Waals surface area contributed by atoms with Crippen LogP contribution in [0.4, 0.5) is 0 Å². The maximum absolute atomic E-state index is 12.8. The molecule has 0 aromatic carbocycles. The number of carbonyl (C=O) groups excluding carboxylic acids is 2. The molecule has 0 spiro atoms. The van der Waals surface area contributed by atoms with E-state index in [1.54, 1.807) is 0 Å². The molecule has 4 rings (SSSR count). The maximum atomic E-state index is 12.8. The minimum atomic E-state index is -0.529. The molecule has 25 heavy (non-hydrogen) atoms. The second-order valence-corrected chi connectivity index (χ2v) is 7.15. The van der Waals surface area contributed by atoms with E-state index in [-0.39, 0.29) is 17.6 Å². The first-order valence-corrected chi connectivity index (χ1v) is 9.06. The van der Waals surface area contributed by atoms with Gasteiger partial charge in [0.05, 0.1) is 19.9 Å². The molecule has 2 heterocycles. The van der Waals surface area contributed by atoms with Crippen LogP contribution in [-0.2, 0) is 9.53 Å². The first-order chi connectivity index (χ1) is 12.2. The Kier molecular flexibility index (Phi) is 4.31. The number of nitrogens with zero attached hydrogens (tertiary/aromatic N) is 3. The van der Waals surface area contributed by atoms with Crippen LogP contribution < -0.4 is 4.74 Å². The van der Waals surface area contributed by atoms with Crippen molar-refractivity contribution in [2.45, 2.75) is 50.5 Å². The third-order valence-electron chi connectivity index (χ3n) is 5.09. The first kappa shape index (κ1) is 16.3. The molecule has 0 bridgehead atoms. The number of hydrogen-bond acceptors (Lipinski definition) is 6. The minimum Gasteiger partial charge on any atom is -0.476 e. The van der Waals surface area contributed by atoms with Gasteiger partial charge in [0.25, 0.3) is 5.91 Å². The lowest BCUT2D eigenvalue weighted by molar-refractivity contribution is -0.145. The van der Waals surface area contributed by atoms with Gasteiger partial charge in [-0.2, -0.15) is 0 Å². The fraction of sp³-hybridized carbons (Fsp3) is 0.667. The number of carbonyl (C=O) groups is 2. The summed E-state index contributed by atoms with van der Waals surface area (Å²) in [5.74, 6) is 0.850. The molecular formula is C18H23N3O4. The van der Waals surface area contributed by atoms with E-state index >= 15 is 0 Å². The Morgan fingerprint density at radius 3 is 2.72 bits per heavy atom. The number of amides is 1. The van der Waals surface area contributed by atoms with Crippen molar-refractivity contribution in [1.82, 2.24) is 14.9 Å². The molecule has 134 valence electrons. The summed E-state index contributed by atoms with van der Waals surface area (Å²) < 4.78 is 10.7. The Morgan fingerprint density at radius 1 is 1.24 bits per heavy atom. The lowest BCUT2D eigenvalue weighted by atomic mass is 10.2. The van der Waals surface area contributed by atoms with E-state index in [1.807, 2.05) is 0 Å². The van der Waals surface area contributed by atoms with Gasteiger partial charge in [0.15, 0.2) is 5.69 Å². The van der Waals surface area contributed by atoms with Gasteiger partial charge in [0.1, 0.15) is 11.7 Å². The number of esters is 1. The summed E-state index contributed by atoms with van der Waals surface area (Å²) >= 11 is 0. The van der Waals surface area contributed by atoms with Crippen LogP contribution >= 0.6 is 0 Å². The molecule has 2 saturated carbocycles. The summed E-state index contributed by atoms with van der Waals surface area (Å²) in [6.07, 6.45) is 7.50. The largest absolute Gasteiger partial charge is 0.476 e. The van der Waals surface area contributed by atoms with Crippen molar-refractivity contribution in [2.75, 3.05) is 20.3 Å². The molecule has 3 aliphatic rings. The number of methoxy groups -OCH3 is 1. The second-order valence-electron chi connectivity index (χ2n) is 7.15. The van der Waals surface area contributed by atoms with E-state index in [0.717, 1.165) is 25.0 Å². The van der Waals surface area contributed by atoms with Gasteiger partial charge in [-0.15, -0.1) is 0 Å². The zero-order chi connectivity index (χ0) is 17.4. The first-order valence-electron chi connectivity index (χ1n) is 9.06. The molecule has 1 saturated heterocycles. The molecule has 1 aromatic heterocycles. The molecule has 0 radical (unpaired) electrons. The van der Waals surface area contributed by atoms with E-state index in [0.29, 0.717) is 37.3 Å². The SMILES string of the molecule is COC(=O)[C@@H]1CCCN1C(=O)c1cnc(C2CC2)c(OCC2CC2)n1. The van der Waals surface area contributed by atoms with Crippen LogP contribution in [0.15, 0.2) is 6.20 Å². The molecule has 0 N–H and O–H groups in total. The summed E-state index contributed by atoms with van der Waals surface area (Å²) in [6.45, 7) is 1.17. The highest BCUT2D eigenvalue weighted by Crippen LogP contribution is 2.43. The van der Waals surface area contributed by atoms with E-state index in [4.69, 9.17) is 9.47 Å². The highest BCUT2D eigenvalue weighted by molar-refractivity contribution is 5.95. The van der Waals surface area contributed by atoms with Crippen molar-refractivity contribution in [2.24, 2.45) is 5.92 Å². The fourth-order valence-electron chi connectivity index (χ4n) is 3.25. The van der Waals surface area contributed by atoms with Crippen molar-refractivity contribution in [3.05, 3.63) is 17.6 Å². The molecule has 1 aromatic rings. The van der Waals surface area contributed by atoms with Gasteiger partial charge in [-0.3, -0.25) is 9.78 Å². The normalized spacial score (nSPS) is 22.8. The van der Waals surface area contributed by atoms with Crippen molar-refractivity contribution in [3.63, 3.8) is 0 Å². The van der Waals surface area contributed by atoms with Crippen LogP contribution in [0, 0.1) is 5.92 Å². The zero-order valence-electron chi connectivity index (χ0n) is 14.4. The molecular weight excluding hydrogens is 322 g/mol. The molecule has 0 unspecified atom stereocenters. The Balaban J connectivity index is 1.55. The lowest BCUT2D eigenvalue weighted by Crippen LogP contribution is -2.41. The van der Waals surface area contributed by atoms with Crippen LogP contribution in [0.25, 0.3) is 0 Å². The van der Waals surface area contributed by atoms with Crippen LogP contribution in [0.5, 0.6) is 5.88 Å². The smallest absolute Gasteiger partial charge is 0.328 e. The number of aromatic nitrogens is 2. The van der Waals surface area contributed by atoms with Crippen molar-refractivity contribution < 1.29 is 19.1 Å². The number of ether oxygens (including phenoxy) is 2. The van der Waals surface area contributed by atoms with E-state index in [1.165, 1.54) is 31.0 Å². The molecule has 1 amide bonds. The number of likely N-dealkylation sites (tertiary alicyclic amines) is 1. The lowest BCUT2D eigenvalue weighted by Gasteiger charge is -2.22. The van der Waals surface area contributed by atoms with E-state index in [2.05, 4.69) is 9.97 Å². The van der Waals surface area contributed by atoms with E-state index in [9.17, 15) is 9.59 Å². The minimum absolute atomic E-state index is 0.242. The van der Waals surface area contributed by atoms with Gasteiger partial charge < -0.3 is 14.4 Å². The highest BCUT2D eigenvalue weighted by Gasteiger charge is 2.37. The Bertz CT molecular complexity index is 685. The second kappa shape index (κ2) is 6.61. The predicted octanol–water partition coefficient (Wildman–Crippen LogP) is 1.92. The molecule has 7 nitrogen and oxygen atoms in total. The molecule has 2 aliphatic carbocycles. The van der Waals surface area contributed by atoms with Gasteiger partial charge in [0.2, 0.25) is 5.88 Å². The summed E-state index contributed by atoms with van der Waals surface area (Å²) in [7, 11) is 1.34. The van der Waals surface area contributed by atoms with Gasteiger partial charge in [-0.25, -0.2) is 9.78 Å². The summed E-state index contributed by atoms with van der Waals surface area (Å²) in [5, 5.41) is 0. The third kappa shape index (κ3) is 3.45. The van der Waals surface area contributed by atoms with Crippen LogP contribution in [-0.4, -0.2) is 53.0 Å². The van der Waals surface area contributed by atoms with Gasteiger partial charge >= 0.3 is 5.97 Å². The van der Waals surface area contributed by atoms with E-state index < -0.39 is 6.04 Å². The molecule has 1 atom stereocenters. The average molecular weight is 345 g/mol. The third-order valence-corrected chi connectivity index (χ3v) is 5.09.